The first-order valence-electron chi connectivity index (χ1n) is 10.4. The summed E-state index contributed by atoms with van der Waals surface area (Å²) in [5, 5.41) is 11.3. The summed E-state index contributed by atoms with van der Waals surface area (Å²) in [6, 6.07) is 11.9. The van der Waals surface area contributed by atoms with Crippen molar-refractivity contribution in [1.82, 2.24) is 4.90 Å². The Balaban J connectivity index is 2.20. The van der Waals surface area contributed by atoms with Crippen LogP contribution in [0.2, 0.25) is 0 Å². The average molecular weight is 440 g/mol. The Morgan fingerprint density at radius 3 is 2.28 bits per heavy atom. The molecular weight excluding hydrogens is 410 g/mol. The standard InChI is InChI=1S/C25H29NO6/c1-15(2)16-6-8-17(9-7-16)22-21(24(28)25(29)26(22)12-13-30-3)23(27)19-14-18(31-4)10-11-20(19)32-5/h6-11,14-15,22,27H,12-13H2,1-5H3/b23-21+. The number of nitrogens with zero attached hydrogens (tertiary/aromatic N) is 1. The lowest BCUT2D eigenvalue weighted by molar-refractivity contribution is -0.140. The average Bonchev–Trinajstić information content (AvgIpc) is 3.06. The number of aliphatic hydroxyl groups is 1. The second-order valence-electron chi connectivity index (χ2n) is 7.87. The van der Waals surface area contributed by atoms with E-state index in [-0.39, 0.29) is 30.0 Å². The maximum atomic E-state index is 13.1. The Labute approximate surface area is 188 Å². The van der Waals surface area contributed by atoms with Gasteiger partial charge in [0.05, 0.1) is 38.0 Å². The Morgan fingerprint density at radius 2 is 1.72 bits per heavy atom. The van der Waals surface area contributed by atoms with Gasteiger partial charge in [0.1, 0.15) is 17.3 Å². The highest BCUT2D eigenvalue weighted by Crippen LogP contribution is 2.41. The van der Waals surface area contributed by atoms with Gasteiger partial charge in [0.15, 0.2) is 0 Å². The molecule has 7 nitrogen and oxygen atoms in total. The molecule has 1 fully saturated rings. The van der Waals surface area contributed by atoms with Gasteiger partial charge in [0.25, 0.3) is 11.7 Å². The van der Waals surface area contributed by atoms with E-state index in [0.717, 1.165) is 11.1 Å². The van der Waals surface area contributed by atoms with Gasteiger partial charge in [-0.25, -0.2) is 0 Å². The van der Waals surface area contributed by atoms with E-state index in [1.54, 1.807) is 18.2 Å². The van der Waals surface area contributed by atoms with Gasteiger partial charge in [-0.2, -0.15) is 0 Å². The van der Waals surface area contributed by atoms with Crippen LogP contribution in [0.25, 0.3) is 5.76 Å². The Morgan fingerprint density at radius 1 is 1.03 bits per heavy atom. The number of likely N-dealkylation sites (tertiary alicyclic amines) is 1. The summed E-state index contributed by atoms with van der Waals surface area (Å²) < 4.78 is 15.8. The van der Waals surface area contributed by atoms with Crippen molar-refractivity contribution < 1.29 is 28.9 Å². The van der Waals surface area contributed by atoms with E-state index < -0.39 is 17.7 Å². The number of carbonyl (C=O) groups excluding carboxylic acids is 2. The van der Waals surface area contributed by atoms with Crippen molar-refractivity contribution in [3.05, 3.63) is 64.7 Å². The molecule has 0 spiro atoms. The zero-order valence-electron chi connectivity index (χ0n) is 19.0. The number of hydrogen-bond donors (Lipinski definition) is 1. The molecule has 3 rings (SSSR count). The van der Waals surface area contributed by atoms with Crippen molar-refractivity contribution in [3.63, 3.8) is 0 Å². The molecule has 0 radical (unpaired) electrons. The zero-order valence-corrected chi connectivity index (χ0v) is 19.0. The number of amides is 1. The molecule has 1 amide bonds. The van der Waals surface area contributed by atoms with Gasteiger partial charge in [-0.05, 0) is 35.2 Å². The first kappa shape index (κ1) is 23.3. The minimum atomic E-state index is -0.749. The molecular formula is C25H29NO6. The van der Waals surface area contributed by atoms with Crippen LogP contribution in [0, 0.1) is 0 Å². The SMILES string of the molecule is COCCN1C(=O)C(=O)/C(=C(/O)c2cc(OC)ccc2OC)C1c1ccc(C(C)C)cc1. The number of ether oxygens (including phenoxy) is 3. The smallest absolute Gasteiger partial charge is 0.295 e. The lowest BCUT2D eigenvalue weighted by atomic mass is 9.93. The van der Waals surface area contributed by atoms with Crippen LogP contribution in [-0.2, 0) is 14.3 Å². The topological polar surface area (TPSA) is 85.3 Å². The lowest BCUT2D eigenvalue weighted by Crippen LogP contribution is -2.32. The predicted octanol–water partition coefficient (Wildman–Crippen LogP) is 3.90. The van der Waals surface area contributed by atoms with Crippen LogP contribution >= 0.6 is 0 Å². The van der Waals surface area contributed by atoms with Gasteiger partial charge >= 0.3 is 0 Å². The van der Waals surface area contributed by atoms with Gasteiger partial charge in [0.2, 0.25) is 0 Å². The second-order valence-corrected chi connectivity index (χ2v) is 7.87. The van der Waals surface area contributed by atoms with Crippen molar-refractivity contribution in [3.8, 4) is 11.5 Å². The van der Waals surface area contributed by atoms with E-state index in [9.17, 15) is 14.7 Å². The maximum Gasteiger partial charge on any atom is 0.295 e. The van der Waals surface area contributed by atoms with Crippen LogP contribution in [0.15, 0.2) is 48.0 Å². The number of methoxy groups -OCH3 is 3. The van der Waals surface area contributed by atoms with E-state index in [0.29, 0.717) is 17.4 Å². The molecule has 2 aromatic rings. The number of ketones is 1. The lowest BCUT2D eigenvalue weighted by Gasteiger charge is -2.25. The highest BCUT2D eigenvalue weighted by atomic mass is 16.5. The number of aliphatic hydroxyl groups excluding tert-OH is 1. The summed E-state index contributed by atoms with van der Waals surface area (Å²) >= 11 is 0. The Hall–Kier alpha value is -3.32. The molecule has 2 aromatic carbocycles. The number of hydrogen-bond acceptors (Lipinski definition) is 6. The quantitative estimate of drug-likeness (QED) is 0.382. The monoisotopic (exact) mass is 439 g/mol. The predicted molar refractivity (Wildman–Crippen MR) is 121 cm³/mol. The van der Waals surface area contributed by atoms with Gasteiger partial charge in [0, 0.05) is 13.7 Å². The van der Waals surface area contributed by atoms with Crippen LogP contribution in [0.1, 0.15) is 42.5 Å². The third kappa shape index (κ3) is 4.34. The maximum absolute atomic E-state index is 13.1. The number of rotatable bonds is 8. The molecule has 1 saturated heterocycles. The molecule has 32 heavy (non-hydrogen) atoms. The molecule has 0 aromatic heterocycles. The fraction of sp³-hybridized carbons (Fsp3) is 0.360. The van der Waals surface area contributed by atoms with Gasteiger partial charge in [-0.15, -0.1) is 0 Å². The molecule has 1 atom stereocenters. The second kappa shape index (κ2) is 9.87. The fourth-order valence-corrected chi connectivity index (χ4v) is 3.85. The molecule has 1 aliphatic rings. The first-order valence-corrected chi connectivity index (χ1v) is 10.4. The molecule has 170 valence electrons. The molecule has 1 heterocycles. The summed E-state index contributed by atoms with van der Waals surface area (Å²) in [6.45, 7) is 4.66. The van der Waals surface area contributed by atoms with Crippen LogP contribution in [0.5, 0.6) is 11.5 Å². The van der Waals surface area contributed by atoms with Gasteiger partial charge in [-0.3, -0.25) is 9.59 Å². The van der Waals surface area contributed by atoms with Crippen molar-refractivity contribution in [2.24, 2.45) is 0 Å². The van der Waals surface area contributed by atoms with E-state index in [2.05, 4.69) is 13.8 Å². The summed E-state index contributed by atoms with van der Waals surface area (Å²) in [6.07, 6.45) is 0. The summed E-state index contributed by atoms with van der Waals surface area (Å²) in [5.74, 6) is -0.550. The molecule has 1 unspecified atom stereocenters. The number of Topliss-reactive ketones (excluding diaryl/α,β-unsaturated/α-hetero) is 1. The van der Waals surface area contributed by atoms with E-state index >= 15 is 0 Å². The summed E-state index contributed by atoms with van der Waals surface area (Å²) in [7, 11) is 4.51. The van der Waals surface area contributed by atoms with Crippen LogP contribution in [0.4, 0.5) is 0 Å². The number of benzene rings is 2. The molecule has 7 heteroatoms. The molecule has 0 bridgehead atoms. The molecule has 1 N–H and O–H groups in total. The zero-order chi connectivity index (χ0) is 23.4. The minimum absolute atomic E-state index is 0.00922. The van der Waals surface area contributed by atoms with Crippen molar-refractivity contribution in [2.75, 3.05) is 34.5 Å². The van der Waals surface area contributed by atoms with E-state index in [1.807, 2.05) is 24.3 Å². The van der Waals surface area contributed by atoms with Crippen molar-refractivity contribution in [1.29, 1.82) is 0 Å². The van der Waals surface area contributed by atoms with Crippen LogP contribution < -0.4 is 9.47 Å². The highest BCUT2D eigenvalue weighted by molar-refractivity contribution is 6.46. The summed E-state index contributed by atoms with van der Waals surface area (Å²) in [5.41, 5.74) is 2.15. The molecule has 0 saturated carbocycles. The minimum Gasteiger partial charge on any atom is -0.507 e. The molecule has 1 aliphatic heterocycles. The van der Waals surface area contributed by atoms with Crippen LogP contribution in [0.3, 0.4) is 0 Å². The number of carbonyl (C=O) groups is 2. The largest absolute Gasteiger partial charge is 0.507 e. The Kier molecular flexibility index (Phi) is 7.20. The van der Waals surface area contributed by atoms with Crippen LogP contribution in [-0.4, -0.2) is 56.2 Å². The first-order chi connectivity index (χ1) is 15.3. The fourth-order valence-electron chi connectivity index (χ4n) is 3.85. The summed E-state index contributed by atoms with van der Waals surface area (Å²) in [4.78, 5) is 27.4. The van der Waals surface area contributed by atoms with Crippen molar-refractivity contribution >= 4 is 17.4 Å². The Bertz CT molecular complexity index is 1030. The van der Waals surface area contributed by atoms with Gasteiger partial charge < -0.3 is 24.2 Å². The molecule has 0 aliphatic carbocycles. The third-order valence-electron chi connectivity index (χ3n) is 5.66. The van der Waals surface area contributed by atoms with E-state index in [1.165, 1.54) is 26.2 Å². The van der Waals surface area contributed by atoms with E-state index in [4.69, 9.17) is 14.2 Å². The highest BCUT2D eigenvalue weighted by Gasteiger charge is 2.46. The normalized spacial score (nSPS) is 17.8. The van der Waals surface area contributed by atoms with Gasteiger partial charge in [-0.1, -0.05) is 38.1 Å². The third-order valence-corrected chi connectivity index (χ3v) is 5.66. The van der Waals surface area contributed by atoms with Crippen molar-refractivity contribution in [2.45, 2.75) is 25.8 Å².